The Kier molecular flexibility index (Phi) is 11.0. The summed E-state index contributed by atoms with van der Waals surface area (Å²) in [4.78, 5) is 15.1. The topological polar surface area (TPSA) is 76.7 Å². The highest BCUT2D eigenvalue weighted by atomic mass is 16.5. The van der Waals surface area contributed by atoms with E-state index in [0.29, 0.717) is 18.3 Å². The molecule has 0 spiro atoms. The molecule has 0 rings (SSSR count). The van der Waals surface area contributed by atoms with Gasteiger partial charge in [0.25, 0.3) is 0 Å². The number of guanidine groups is 1. The summed E-state index contributed by atoms with van der Waals surface area (Å²) in [5, 5.41) is 3.11. The smallest absolute Gasteiger partial charge is 0.305 e. The molecule has 19 heavy (non-hydrogen) atoms. The molecule has 0 aliphatic carbocycles. The first kappa shape index (κ1) is 17.7. The van der Waals surface area contributed by atoms with Crippen LogP contribution in [0.4, 0.5) is 0 Å². The Morgan fingerprint density at radius 1 is 1.26 bits per heavy atom. The normalized spacial score (nSPS) is 11.7. The van der Waals surface area contributed by atoms with Gasteiger partial charge in [-0.3, -0.25) is 9.79 Å². The van der Waals surface area contributed by atoms with Gasteiger partial charge in [-0.2, -0.15) is 0 Å². The van der Waals surface area contributed by atoms with Gasteiger partial charge in [-0.15, -0.1) is 0 Å². The highest BCUT2D eigenvalue weighted by molar-refractivity contribution is 5.77. The second-order valence-corrected chi connectivity index (χ2v) is 5.12. The van der Waals surface area contributed by atoms with E-state index >= 15 is 0 Å². The molecule has 5 nitrogen and oxygen atoms in total. The minimum atomic E-state index is -0.128. The van der Waals surface area contributed by atoms with Crippen molar-refractivity contribution in [2.45, 2.75) is 52.4 Å². The van der Waals surface area contributed by atoms with Gasteiger partial charge in [0, 0.05) is 19.5 Å². The van der Waals surface area contributed by atoms with Crippen molar-refractivity contribution in [3.05, 3.63) is 0 Å². The van der Waals surface area contributed by atoms with E-state index in [1.54, 1.807) is 0 Å². The largest absolute Gasteiger partial charge is 0.469 e. The minimum Gasteiger partial charge on any atom is -0.469 e. The van der Waals surface area contributed by atoms with Crippen LogP contribution in [0.1, 0.15) is 52.4 Å². The van der Waals surface area contributed by atoms with Crippen molar-refractivity contribution in [1.82, 2.24) is 5.32 Å². The number of aliphatic imine (C=N–C) groups is 1. The third-order valence-electron chi connectivity index (χ3n) is 2.83. The standard InChI is InChI=1S/C14H29N3O2/c1-12(2)9-11-17-14(15)16-10-7-5-4-6-8-13(18)19-3/h12H,4-11H2,1-3H3,(H3,15,16,17). The first-order valence-electron chi connectivity index (χ1n) is 7.17. The predicted octanol–water partition coefficient (Wildman–Crippen LogP) is 2.06. The summed E-state index contributed by atoms with van der Waals surface area (Å²) in [7, 11) is 1.42. The number of ether oxygens (including phenoxy) is 1. The Hall–Kier alpha value is -1.26. The highest BCUT2D eigenvalue weighted by Gasteiger charge is 1.99. The minimum absolute atomic E-state index is 0.128. The fourth-order valence-electron chi connectivity index (χ4n) is 1.58. The Bertz CT molecular complexity index is 265. The molecule has 3 N–H and O–H groups in total. The molecule has 0 heterocycles. The lowest BCUT2D eigenvalue weighted by atomic mass is 10.1. The number of carbonyl (C=O) groups excluding carboxylic acids is 1. The van der Waals surface area contributed by atoms with Crippen molar-refractivity contribution in [2.24, 2.45) is 16.6 Å². The number of nitrogens with two attached hydrogens (primary N) is 1. The second-order valence-electron chi connectivity index (χ2n) is 5.12. The Labute approximate surface area is 117 Å². The van der Waals surface area contributed by atoms with Gasteiger partial charge in [-0.25, -0.2) is 0 Å². The van der Waals surface area contributed by atoms with E-state index in [9.17, 15) is 4.79 Å². The number of rotatable bonds is 10. The number of unbranched alkanes of at least 4 members (excludes halogenated alkanes) is 3. The van der Waals surface area contributed by atoms with Crippen LogP contribution in [0.15, 0.2) is 4.99 Å². The fourth-order valence-corrected chi connectivity index (χ4v) is 1.58. The number of hydrogen-bond acceptors (Lipinski definition) is 3. The van der Waals surface area contributed by atoms with Crippen LogP contribution in [0.3, 0.4) is 0 Å². The van der Waals surface area contributed by atoms with E-state index in [-0.39, 0.29) is 5.97 Å². The summed E-state index contributed by atoms with van der Waals surface area (Å²) in [6, 6.07) is 0. The van der Waals surface area contributed by atoms with Gasteiger partial charge < -0.3 is 15.8 Å². The molecule has 0 fully saturated rings. The Balaban J connectivity index is 3.38. The molecule has 0 unspecified atom stereocenters. The van der Waals surface area contributed by atoms with Crippen molar-refractivity contribution in [3.8, 4) is 0 Å². The van der Waals surface area contributed by atoms with Crippen molar-refractivity contribution in [2.75, 3.05) is 20.2 Å². The fraction of sp³-hybridized carbons (Fsp3) is 0.857. The summed E-state index contributed by atoms with van der Waals surface area (Å²) in [6.07, 6.45) is 5.61. The number of methoxy groups -OCH3 is 1. The quantitative estimate of drug-likeness (QED) is 0.276. The number of esters is 1. The monoisotopic (exact) mass is 271 g/mol. The zero-order valence-corrected chi connectivity index (χ0v) is 12.6. The maximum atomic E-state index is 10.9. The van der Waals surface area contributed by atoms with Gasteiger partial charge in [0.1, 0.15) is 0 Å². The van der Waals surface area contributed by atoms with E-state index < -0.39 is 0 Å². The van der Waals surface area contributed by atoms with E-state index in [0.717, 1.165) is 45.2 Å². The van der Waals surface area contributed by atoms with Crippen LogP contribution in [0.2, 0.25) is 0 Å². The van der Waals surface area contributed by atoms with Gasteiger partial charge in [0.05, 0.1) is 7.11 Å². The molecule has 0 atom stereocenters. The van der Waals surface area contributed by atoms with Gasteiger partial charge in [-0.1, -0.05) is 26.7 Å². The molecule has 0 radical (unpaired) electrons. The van der Waals surface area contributed by atoms with Crippen LogP contribution in [-0.4, -0.2) is 32.1 Å². The first-order valence-corrected chi connectivity index (χ1v) is 7.17. The van der Waals surface area contributed by atoms with Crippen molar-refractivity contribution in [3.63, 3.8) is 0 Å². The summed E-state index contributed by atoms with van der Waals surface area (Å²) in [5.74, 6) is 1.09. The third-order valence-corrected chi connectivity index (χ3v) is 2.83. The molecule has 0 aromatic carbocycles. The van der Waals surface area contributed by atoms with Gasteiger partial charge in [0.2, 0.25) is 0 Å². The first-order chi connectivity index (χ1) is 9.06. The van der Waals surface area contributed by atoms with E-state index in [1.165, 1.54) is 7.11 Å². The maximum absolute atomic E-state index is 10.9. The number of hydrogen-bond donors (Lipinski definition) is 2. The molecule has 0 aliphatic rings. The van der Waals surface area contributed by atoms with Crippen LogP contribution < -0.4 is 11.1 Å². The lowest BCUT2D eigenvalue weighted by Crippen LogP contribution is -2.33. The second kappa shape index (κ2) is 11.8. The maximum Gasteiger partial charge on any atom is 0.305 e. The van der Waals surface area contributed by atoms with Crippen molar-refractivity contribution in [1.29, 1.82) is 0 Å². The Morgan fingerprint density at radius 2 is 1.95 bits per heavy atom. The predicted molar refractivity (Wildman–Crippen MR) is 79.0 cm³/mol. The zero-order valence-electron chi connectivity index (χ0n) is 12.6. The van der Waals surface area contributed by atoms with E-state index in [4.69, 9.17) is 5.73 Å². The molecular weight excluding hydrogens is 242 g/mol. The molecule has 112 valence electrons. The van der Waals surface area contributed by atoms with Crippen LogP contribution in [0, 0.1) is 5.92 Å². The summed E-state index contributed by atoms with van der Waals surface area (Å²) < 4.78 is 4.58. The van der Waals surface area contributed by atoms with Crippen LogP contribution in [0.5, 0.6) is 0 Å². The molecule has 5 heteroatoms. The SMILES string of the molecule is COC(=O)CCCCCCN=C(N)NCCC(C)C. The average molecular weight is 271 g/mol. The zero-order chi connectivity index (χ0) is 14.5. The molecule has 0 bridgehead atoms. The van der Waals surface area contributed by atoms with Crippen LogP contribution in [0.25, 0.3) is 0 Å². The molecule has 0 aromatic heterocycles. The number of nitrogens with one attached hydrogen (secondary N) is 1. The molecule has 0 saturated carbocycles. The summed E-state index contributed by atoms with van der Waals surface area (Å²) >= 11 is 0. The van der Waals surface area contributed by atoms with Crippen molar-refractivity contribution < 1.29 is 9.53 Å². The lowest BCUT2D eigenvalue weighted by molar-refractivity contribution is -0.140. The van der Waals surface area contributed by atoms with Gasteiger partial charge >= 0.3 is 5.97 Å². The van der Waals surface area contributed by atoms with Crippen LogP contribution >= 0.6 is 0 Å². The molecule has 0 aromatic rings. The van der Waals surface area contributed by atoms with E-state index in [2.05, 4.69) is 28.9 Å². The summed E-state index contributed by atoms with van der Waals surface area (Å²) in [5.41, 5.74) is 5.74. The van der Waals surface area contributed by atoms with Crippen molar-refractivity contribution >= 4 is 11.9 Å². The lowest BCUT2D eigenvalue weighted by Gasteiger charge is -2.07. The average Bonchev–Trinajstić information content (AvgIpc) is 2.36. The number of carbonyl (C=O) groups is 1. The van der Waals surface area contributed by atoms with Crippen LogP contribution in [-0.2, 0) is 9.53 Å². The third kappa shape index (κ3) is 13.0. The molecular formula is C14H29N3O2. The number of nitrogens with zero attached hydrogens (tertiary/aromatic N) is 1. The molecule has 0 aliphatic heterocycles. The summed E-state index contributed by atoms with van der Waals surface area (Å²) in [6.45, 7) is 6.00. The van der Waals surface area contributed by atoms with Gasteiger partial charge in [-0.05, 0) is 25.2 Å². The molecule has 0 saturated heterocycles. The Morgan fingerprint density at radius 3 is 2.58 bits per heavy atom. The molecule has 0 amide bonds. The van der Waals surface area contributed by atoms with Gasteiger partial charge in [0.15, 0.2) is 5.96 Å². The van der Waals surface area contributed by atoms with E-state index in [1.807, 2.05) is 0 Å². The highest BCUT2D eigenvalue weighted by Crippen LogP contribution is 2.03.